The highest BCUT2D eigenvalue weighted by molar-refractivity contribution is 5.93. The molecule has 1 aliphatic heterocycles. The van der Waals surface area contributed by atoms with Crippen LogP contribution in [0.3, 0.4) is 0 Å². The molecule has 3 heterocycles. The standard InChI is InChI=1S/C13H15N3O2/c17-13(11-4-7-18-9-11)16-6-1-2-10(8-16)12-3-5-14-15-12/h3-5,7,9-10H,1-2,6,8H2,(H,14,15)/t10-/m1/s1. The molecule has 0 unspecified atom stereocenters. The monoisotopic (exact) mass is 245 g/mol. The van der Waals surface area contributed by atoms with Crippen LogP contribution in [0.15, 0.2) is 35.3 Å². The molecule has 5 nitrogen and oxygen atoms in total. The first-order chi connectivity index (χ1) is 8.84. The molecule has 3 rings (SSSR count). The van der Waals surface area contributed by atoms with Crippen molar-refractivity contribution in [3.05, 3.63) is 42.1 Å². The van der Waals surface area contributed by atoms with E-state index in [1.165, 1.54) is 12.5 Å². The zero-order chi connectivity index (χ0) is 12.4. The fourth-order valence-corrected chi connectivity index (χ4v) is 2.48. The molecule has 1 fully saturated rings. The van der Waals surface area contributed by atoms with Crippen molar-refractivity contribution >= 4 is 5.91 Å². The molecule has 1 saturated heterocycles. The molecule has 1 aliphatic rings. The van der Waals surface area contributed by atoms with Crippen molar-refractivity contribution in [1.82, 2.24) is 15.1 Å². The fraction of sp³-hybridized carbons (Fsp3) is 0.385. The molecular formula is C13H15N3O2. The molecule has 1 atom stereocenters. The van der Waals surface area contributed by atoms with E-state index < -0.39 is 0 Å². The molecule has 94 valence electrons. The Hall–Kier alpha value is -2.04. The van der Waals surface area contributed by atoms with E-state index in [1.54, 1.807) is 12.3 Å². The number of carbonyl (C=O) groups excluding carboxylic acids is 1. The third-order valence-corrected chi connectivity index (χ3v) is 3.44. The maximum atomic E-state index is 12.2. The van der Waals surface area contributed by atoms with Crippen LogP contribution in [0.25, 0.3) is 0 Å². The molecule has 0 radical (unpaired) electrons. The van der Waals surface area contributed by atoms with Gasteiger partial charge in [-0.15, -0.1) is 0 Å². The van der Waals surface area contributed by atoms with Gasteiger partial charge in [0.15, 0.2) is 0 Å². The zero-order valence-corrected chi connectivity index (χ0v) is 10.0. The van der Waals surface area contributed by atoms with Gasteiger partial charge in [0.2, 0.25) is 0 Å². The molecule has 5 heteroatoms. The summed E-state index contributed by atoms with van der Waals surface area (Å²) in [4.78, 5) is 14.1. The number of aromatic nitrogens is 2. The second-order valence-electron chi connectivity index (χ2n) is 4.61. The molecule has 0 aliphatic carbocycles. The van der Waals surface area contributed by atoms with E-state index >= 15 is 0 Å². The molecule has 2 aromatic heterocycles. The van der Waals surface area contributed by atoms with Crippen LogP contribution in [0.2, 0.25) is 0 Å². The number of amides is 1. The summed E-state index contributed by atoms with van der Waals surface area (Å²) < 4.78 is 4.96. The van der Waals surface area contributed by atoms with Crippen molar-refractivity contribution in [1.29, 1.82) is 0 Å². The van der Waals surface area contributed by atoms with Crippen LogP contribution in [-0.2, 0) is 0 Å². The third kappa shape index (κ3) is 2.03. The fourth-order valence-electron chi connectivity index (χ4n) is 2.48. The van der Waals surface area contributed by atoms with Crippen molar-refractivity contribution in [2.24, 2.45) is 0 Å². The largest absolute Gasteiger partial charge is 0.472 e. The van der Waals surface area contributed by atoms with E-state index in [4.69, 9.17) is 4.42 Å². The molecular weight excluding hydrogens is 230 g/mol. The minimum absolute atomic E-state index is 0.0490. The minimum Gasteiger partial charge on any atom is -0.472 e. The summed E-state index contributed by atoms with van der Waals surface area (Å²) in [5, 5.41) is 6.97. The number of hydrogen-bond acceptors (Lipinski definition) is 3. The number of H-pyrrole nitrogens is 1. The number of likely N-dealkylation sites (tertiary alicyclic amines) is 1. The lowest BCUT2D eigenvalue weighted by Gasteiger charge is -2.31. The maximum absolute atomic E-state index is 12.2. The van der Waals surface area contributed by atoms with Crippen molar-refractivity contribution in [3.63, 3.8) is 0 Å². The SMILES string of the molecule is O=C(c1ccoc1)N1CCC[C@@H](c2ccn[nH]2)C1. The minimum atomic E-state index is 0.0490. The van der Waals surface area contributed by atoms with Gasteiger partial charge in [0, 0.05) is 30.9 Å². The van der Waals surface area contributed by atoms with E-state index in [0.29, 0.717) is 11.5 Å². The Morgan fingerprint density at radius 3 is 3.17 bits per heavy atom. The quantitative estimate of drug-likeness (QED) is 0.880. The topological polar surface area (TPSA) is 62.1 Å². The average molecular weight is 245 g/mol. The second kappa shape index (κ2) is 4.68. The van der Waals surface area contributed by atoms with Gasteiger partial charge in [0.25, 0.3) is 5.91 Å². The Bertz CT molecular complexity index is 504. The van der Waals surface area contributed by atoms with E-state index in [1.807, 2.05) is 11.0 Å². The van der Waals surface area contributed by atoms with Crippen LogP contribution in [0.1, 0.15) is 34.8 Å². The van der Waals surface area contributed by atoms with Crippen LogP contribution in [0.4, 0.5) is 0 Å². The molecule has 0 aromatic carbocycles. The summed E-state index contributed by atoms with van der Waals surface area (Å²) in [5.74, 6) is 0.407. The number of rotatable bonds is 2. The highest BCUT2D eigenvalue weighted by Crippen LogP contribution is 2.26. The van der Waals surface area contributed by atoms with Crippen molar-refractivity contribution < 1.29 is 9.21 Å². The highest BCUT2D eigenvalue weighted by Gasteiger charge is 2.26. The first kappa shape index (κ1) is 11.1. The maximum Gasteiger partial charge on any atom is 0.257 e. The molecule has 18 heavy (non-hydrogen) atoms. The zero-order valence-electron chi connectivity index (χ0n) is 10.0. The number of furan rings is 1. The lowest BCUT2D eigenvalue weighted by molar-refractivity contribution is 0.0705. The van der Waals surface area contributed by atoms with Crippen LogP contribution >= 0.6 is 0 Å². The van der Waals surface area contributed by atoms with Crippen molar-refractivity contribution in [3.8, 4) is 0 Å². The molecule has 2 aromatic rings. The van der Waals surface area contributed by atoms with Gasteiger partial charge in [-0.25, -0.2) is 0 Å². The summed E-state index contributed by atoms with van der Waals surface area (Å²) >= 11 is 0. The Morgan fingerprint density at radius 1 is 1.50 bits per heavy atom. The lowest BCUT2D eigenvalue weighted by Crippen LogP contribution is -2.39. The number of carbonyl (C=O) groups is 1. The van der Waals surface area contributed by atoms with E-state index in [9.17, 15) is 4.79 Å². The van der Waals surface area contributed by atoms with Gasteiger partial charge in [-0.3, -0.25) is 9.89 Å². The Morgan fingerprint density at radius 2 is 2.44 bits per heavy atom. The smallest absolute Gasteiger partial charge is 0.257 e. The predicted molar refractivity (Wildman–Crippen MR) is 65.2 cm³/mol. The van der Waals surface area contributed by atoms with Crippen LogP contribution in [-0.4, -0.2) is 34.1 Å². The normalized spacial score (nSPS) is 20.0. The summed E-state index contributed by atoms with van der Waals surface area (Å²) in [7, 11) is 0. The summed E-state index contributed by atoms with van der Waals surface area (Å²) in [6.07, 6.45) is 6.91. The number of piperidine rings is 1. The van der Waals surface area contributed by atoms with Gasteiger partial charge >= 0.3 is 0 Å². The third-order valence-electron chi connectivity index (χ3n) is 3.44. The van der Waals surface area contributed by atoms with Crippen molar-refractivity contribution in [2.45, 2.75) is 18.8 Å². The van der Waals surface area contributed by atoms with Crippen LogP contribution in [0, 0.1) is 0 Å². The molecule has 0 bridgehead atoms. The Kier molecular flexibility index (Phi) is 2.88. The average Bonchev–Trinajstić information content (AvgIpc) is 3.11. The van der Waals surface area contributed by atoms with Gasteiger partial charge in [0.1, 0.15) is 6.26 Å². The summed E-state index contributed by atoms with van der Waals surface area (Å²) in [6.45, 7) is 1.56. The molecule has 0 spiro atoms. The van der Waals surface area contributed by atoms with Gasteiger partial charge in [0.05, 0.1) is 11.8 Å². The number of nitrogens with one attached hydrogen (secondary N) is 1. The van der Waals surface area contributed by atoms with Gasteiger partial charge in [-0.05, 0) is 25.0 Å². The molecule has 1 N–H and O–H groups in total. The van der Waals surface area contributed by atoms with Gasteiger partial charge in [-0.1, -0.05) is 0 Å². The van der Waals surface area contributed by atoms with Gasteiger partial charge in [-0.2, -0.15) is 5.10 Å². The van der Waals surface area contributed by atoms with Crippen molar-refractivity contribution in [2.75, 3.05) is 13.1 Å². The highest BCUT2D eigenvalue weighted by atomic mass is 16.3. The Balaban J connectivity index is 1.73. The van der Waals surface area contributed by atoms with E-state index in [2.05, 4.69) is 10.2 Å². The molecule has 0 saturated carbocycles. The first-order valence-corrected chi connectivity index (χ1v) is 6.15. The van der Waals surface area contributed by atoms with Crippen LogP contribution in [0.5, 0.6) is 0 Å². The second-order valence-corrected chi connectivity index (χ2v) is 4.61. The van der Waals surface area contributed by atoms with E-state index in [-0.39, 0.29) is 5.91 Å². The first-order valence-electron chi connectivity index (χ1n) is 6.15. The predicted octanol–water partition coefficient (Wildman–Crippen LogP) is 2.02. The number of nitrogens with zero attached hydrogens (tertiary/aromatic N) is 2. The summed E-state index contributed by atoms with van der Waals surface area (Å²) in [6, 6.07) is 3.69. The molecule has 1 amide bonds. The lowest BCUT2D eigenvalue weighted by atomic mass is 9.94. The summed E-state index contributed by atoms with van der Waals surface area (Å²) in [5.41, 5.74) is 1.74. The van der Waals surface area contributed by atoms with Crippen LogP contribution < -0.4 is 0 Å². The van der Waals surface area contributed by atoms with Gasteiger partial charge < -0.3 is 9.32 Å². The Labute approximate surface area is 105 Å². The van der Waals surface area contributed by atoms with E-state index in [0.717, 1.165) is 31.6 Å². The number of aromatic amines is 1. The number of hydrogen-bond donors (Lipinski definition) is 1.